The molecule has 27 heavy (non-hydrogen) atoms. The van der Waals surface area contributed by atoms with Crippen LogP contribution in [0.2, 0.25) is 0 Å². The van der Waals surface area contributed by atoms with Gasteiger partial charge in [-0.2, -0.15) is 5.26 Å². The predicted molar refractivity (Wildman–Crippen MR) is 105 cm³/mol. The Kier molecular flexibility index (Phi) is 7.91. The molecule has 2 rings (SSSR count). The van der Waals surface area contributed by atoms with Crippen molar-refractivity contribution in [2.24, 2.45) is 0 Å². The van der Waals surface area contributed by atoms with Gasteiger partial charge in [0.15, 0.2) is 5.16 Å². The zero-order valence-corrected chi connectivity index (χ0v) is 16.1. The topological polar surface area (TPSA) is 131 Å². The molecule has 0 spiro atoms. The van der Waals surface area contributed by atoms with Crippen LogP contribution in [0, 0.1) is 11.3 Å². The van der Waals surface area contributed by atoms with Crippen LogP contribution in [-0.2, 0) is 9.53 Å². The quantitative estimate of drug-likeness (QED) is 0.388. The molecular weight excluding hydrogens is 386 g/mol. The molecular formula is C17H17N5O3S2. The molecule has 0 saturated carbocycles. The van der Waals surface area contributed by atoms with Crippen molar-refractivity contribution in [1.29, 1.82) is 5.26 Å². The van der Waals surface area contributed by atoms with E-state index in [1.165, 1.54) is 18.0 Å². The van der Waals surface area contributed by atoms with Crippen molar-refractivity contribution in [3.63, 3.8) is 0 Å². The van der Waals surface area contributed by atoms with E-state index in [0.717, 1.165) is 16.7 Å². The fourth-order valence-corrected chi connectivity index (χ4v) is 3.23. The van der Waals surface area contributed by atoms with Gasteiger partial charge in [-0.25, -0.2) is 14.8 Å². The number of nitrogens with zero attached hydrogens (tertiary/aromatic N) is 3. The summed E-state index contributed by atoms with van der Waals surface area (Å²) < 4.78 is 4.86. The van der Waals surface area contributed by atoms with Crippen molar-refractivity contribution in [3.05, 3.63) is 36.0 Å². The molecule has 0 aliphatic heterocycles. The summed E-state index contributed by atoms with van der Waals surface area (Å²) in [4.78, 5) is 32.7. The normalized spacial score (nSPS) is 10.1. The van der Waals surface area contributed by atoms with Gasteiger partial charge >= 0.3 is 5.97 Å². The van der Waals surface area contributed by atoms with Crippen molar-refractivity contribution in [1.82, 2.24) is 9.97 Å². The molecule has 0 radical (unpaired) electrons. The van der Waals surface area contributed by atoms with Crippen LogP contribution in [0.1, 0.15) is 17.3 Å². The first kappa shape index (κ1) is 20.5. The Bertz CT molecular complexity index is 870. The minimum Gasteiger partial charge on any atom is -0.462 e. The first-order chi connectivity index (χ1) is 13.0. The summed E-state index contributed by atoms with van der Waals surface area (Å²) in [7, 11) is 0. The number of carbonyl (C=O) groups excluding carboxylic acids is 2. The van der Waals surface area contributed by atoms with Crippen molar-refractivity contribution in [3.8, 4) is 6.07 Å². The van der Waals surface area contributed by atoms with Gasteiger partial charge in [0.2, 0.25) is 5.91 Å². The standard InChI is InChI=1S/C17H17N5O3S2/c1-2-25-16(24)11-9-20-17(22-15(11)19)27-10-14(23)21-12-5-3-4-6-13(12)26-8-7-18/h3-6,9H,2,8,10H2,1H3,(H,21,23)(H2,19,20,22). The summed E-state index contributed by atoms with van der Waals surface area (Å²) in [6.45, 7) is 1.91. The Hall–Kier alpha value is -2.77. The molecule has 0 saturated heterocycles. The lowest BCUT2D eigenvalue weighted by Crippen LogP contribution is -2.15. The molecule has 140 valence electrons. The van der Waals surface area contributed by atoms with Gasteiger partial charge in [0.1, 0.15) is 11.4 Å². The number of amides is 1. The van der Waals surface area contributed by atoms with Crippen molar-refractivity contribution in [2.75, 3.05) is 29.2 Å². The Morgan fingerprint density at radius 3 is 2.81 bits per heavy atom. The SMILES string of the molecule is CCOC(=O)c1cnc(SCC(=O)Nc2ccccc2SCC#N)nc1N. The number of rotatable bonds is 8. The number of anilines is 2. The van der Waals surface area contributed by atoms with Crippen LogP contribution >= 0.6 is 23.5 Å². The second-order valence-electron chi connectivity index (χ2n) is 4.95. The number of benzene rings is 1. The summed E-state index contributed by atoms with van der Waals surface area (Å²) >= 11 is 2.44. The van der Waals surface area contributed by atoms with E-state index >= 15 is 0 Å². The van der Waals surface area contributed by atoms with E-state index in [1.54, 1.807) is 19.1 Å². The number of nitrogen functional groups attached to an aromatic ring is 1. The van der Waals surface area contributed by atoms with Gasteiger partial charge in [-0.1, -0.05) is 23.9 Å². The van der Waals surface area contributed by atoms with E-state index in [9.17, 15) is 9.59 Å². The Labute approximate surface area is 164 Å². The number of nitriles is 1. The molecule has 0 unspecified atom stereocenters. The number of thioether (sulfide) groups is 2. The third-order valence-electron chi connectivity index (χ3n) is 3.08. The lowest BCUT2D eigenvalue weighted by Gasteiger charge is -2.09. The van der Waals surface area contributed by atoms with Crippen LogP contribution in [0.5, 0.6) is 0 Å². The summed E-state index contributed by atoms with van der Waals surface area (Å²) in [6, 6.07) is 9.30. The third-order valence-corrected chi connectivity index (χ3v) is 4.88. The maximum Gasteiger partial charge on any atom is 0.343 e. The molecule has 1 amide bonds. The average Bonchev–Trinajstić information content (AvgIpc) is 2.66. The second kappa shape index (κ2) is 10.4. The van der Waals surface area contributed by atoms with Crippen LogP contribution in [-0.4, -0.2) is 40.0 Å². The Morgan fingerprint density at radius 2 is 2.11 bits per heavy atom. The number of hydrogen-bond donors (Lipinski definition) is 2. The van der Waals surface area contributed by atoms with Crippen molar-refractivity contribution >= 4 is 46.9 Å². The molecule has 0 aliphatic carbocycles. The van der Waals surface area contributed by atoms with Crippen molar-refractivity contribution in [2.45, 2.75) is 17.0 Å². The number of nitrogens with two attached hydrogens (primary N) is 1. The lowest BCUT2D eigenvalue weighted by atomic mass is 10.3. The van der Waals surface area contributed by atoms with E-state index in [0.29, 0.717) is 11.4 Å². The fourth-order valence-electron chi connectivity index (χ4n) is 1.94. The van der Waals surface area contributed by atoms with E-state index < -0.39 is 5.97 Å². The minimum absolute atomic E-state index is 0.00427. The zero-order valence-electron chi connectivity index (χ0n) is 14.5. The number of carbonyl (C=O) groups is 2. The van der Waals surface area contributed by atoms with E-state index in [1.807, 2.05) is 12.1 Å². The first-order valence-electron chi connectivity index (χ1n) is 7.86. The van der Waals surface area contributed by atoms with Crippen LogP contribution in [0.4, 0.5) is 11.5 Å². The van der Waals surface area contributed by atoms with Crippen molar-refractivity contribution < 1.29 is 14.3 Å². The highest BCUT2D eigenvalue weighted by Gasteiger charge is 2.15. The number of esters is 1. The molecule has 0 fully saturated rings. The number of aromatic nitrogens is 2. The summed E-state index contributed by atoms with van der Waals surface area (Å²) in [5.41, 5.74) is 6.49. The average molecular weight is 403 g/mol. The third kappa shape index (κ3) is 6.16. The molecule has 8 nitrogen and oxygen atoms in total. The highest BCUT2D eigenvalue weighted by atomic mass is 32.2. The monoisotopic (exact) mass is 403 g/mol. The molecule has 2 aromatic rings. The number of nitrogens with one attached hydrogen (secondary N) is 1. The Morgan fingerprint density at radius 1 is 1.33 bits per heavy atom. The van der Waals surface area contributed by atoms with Crippen LogP contribution < -0.4 is 11.1 Å². The summed E-state index contributed by atoms with van der Waals surface area (Å²) in [5.74, 6) is -0.473. The van der Waals surface area contributed by atoms with Crippen LogP contribution in [0.3, 0.4) is 0 Å². The maximum atomic E-state index is 12.2. The van der Waals surface area contributed by atoms with Crippen LogP contribution in [0.15, 0.2) is 40.5 Å². The fraction of sp³-hybridized carbons (Fsp3) is 0.235. The highest BCUT2D eigenvalue weighted by molar-refractivity contribution is 8.00. The van der Waals surface area contributed by atoms with E-state index in [2.05, 4.69) is 21.4 Å². The minimum atomic E-state index is -0.587. The van der Waals surface area contributed by atoms with Gasteiger partial charge in [-0.3, -0.25) is 4.79 Å². The van der Waals surface area contributed by atoms with Gasteiger partial charge in [0.05, 0.1) is 29.9 Å². The zero-order chi connectivity index (χ0) is 19.6. The molecule has 1 aromatic carbocycles. The molecule has 0 bridgehead atoms. The van der Waals surface area contributed by atoms with E-state index in [4.69, 9.17) is 15.7 Å². The Balaban J connectivity index is 1.95. The first-order valence-corrected chi connectivity index (χ1v) is 9.83. The van der Waals surface area contributed by atoms with Gasteiger partial charge in [-0.15, -0.1) is 11.8 Å². The lowest BCUT2D eigenvalue weighted by molar-refractivity contribution is -0.113. The smallest absolute Gasteiger partial charge is 0.343 e. The molecule has 10 heteroatoms. The molecule has 0 atom stereocenters. The van der Waals surface area contributed by atoms with E-state index in [-0.39, 0.29) is 34.8 Å². The molecule has 0 aliphatic rings. The molecule has 1 heterocycles. The second-order valence-corrected chi connectivity index (χ2v) is 6.91. The largest absolute Gasteiger partial charge is 0.462 e. The molecule has 3 N–H and O–H groups in total. The van der Waals surface area contributed by atoms with Gasteiger partial charge in [0, 0.05) is 11.1 Å². The van der Waals surface area contributed by atoms with Gasteiger partial charge in [-0.05, 0) is 19.1 Å². The number of ether oxygens (including phenoxy) is 1. The highest BCUT2D eigenvalue weighted by Crippen LogP contribution is 2.27. The molecule has 1 aromatic heterocycles. The predicted octanol–water partition coefficient (Wildman–Crippen LogP) is 2.58. The number of hydrogen-bond acceptors (Lipinski definition) is 9. The van der Waals surface area contributed by atoms with Gasteiger partial charge < -0.3 is 15.8 Å². The summed E-state index contributed by atoms with van der Waals surface area (Å²) in [6.07, 6.45) is 1.29. The van der Waals surface area contributed by atoms with Crippen LogP contribution in [0.25, 0.3) is 0 Å². The van der Waals surface area contributed by atoms with Gasteiger partial charge in [0.25, 0.3) is 0 Å². The summed E-state index contributed by atoms with van der Waals surface area (Å²) in [5, 5.41) is 11.8. The number of para-hydroxylation sites is 1. The maximum absolute atomic E-state index is 12.2.